The molecule has 0 saturated carbocycles. The molecular weight excluding hydrogens is 447 g/mol. The van der Waals surface area contributed by atoms with Crippen LogP contribution in [0, 0.1) is 12.7 Å². The number of hydrogen-bond donors (Lipinski definition) is 1. The number of hydrogen-bond acceptors (Lipinski definition) is 4. The summed E-state index contributed by atoms with van der Waals surface area (Å²) in [5.41, 5.74) is 1.93. The van der Waals surface area contributed by atoms with E-state index in [2.05, 4.69) is 5.32 Å². The number of aryl methyl sites for hydroxylation is 1. The van der Waals surface area contributed by atoms with Crippen molar-refractivity contribution in [1.82, 2.24) is 14.5 Å². The van der Waals surface area contributed by atoms with E-state index in [-0.39, 0.29) is 18.1 Å². The SMILES string of the molecule is CCC(C(=O)NC)N(Cc1ccccc1C)C(=O)CN(c1ccc(F)cc1)S(=O)(=O)N(C)C. The molecule has 2 aromatic carbocycles. The van der Waals surface area contributed by atoms with Crippen molar-refractivity contribution in [3.63, 3.8) is 0 Å². The highest BCUT2D eigenvalue weighted by atomic mass is 32.2. The number of halogens is 1. The van der Waals surface area contributed by atoms with Gasteiger partial charge in [0.2, 0.25) is 11.8 Å². The van der Waals surface area contributed by atoms with E-state index in [0.717, 1.165) is 31.9 Å². The number of rotatable bonds is 10. The van der Waals surface area contributed by atoms with Crippen LogP contribution in [0.1, 0.15) is 24.5 Å². The second-order valence-electron chi connectivity index (χ2n) is 7.76. The number of nitrogens with zero attached hydrogens (tertiary/aromatic N) is 3. The van der Waals surface area contributed by atoms with Crippen LogP contribution in [0.15, 0.2) is 48.5 Å². The van der Waals surface area contributed by atoms with Crippen molar-refractivity contribution in [2.45, 2.75) is 32.9 Å². The molecule has 0 bridgehead atoms. The maximum Gasteiger partial charge on any atom is 0.304 e. The molecule has 1 N–H and O–H groups in total. The molecule has 0 spiro atoms. The van der Waals surface area contributed by atoms with Gasteiger partial charge in [0, 0.05) is 27.7 Å². The molecular formula is C23H31FN4O4S. The van der Waals surface area contributed by atoms with Gasteiger partial charge in [0.05, 0.1) is 5.69 Å². The van der Waals surface area contributed by atoms with E-state index in [9.17, 15) is 22.4 Å². The summed E-state index contributed by atoms with van der Waals surface area (Å²) >= 11 is 0. The van der Waals surface area contributed by atoms with Crippen LogP contribution in [0.4, 0.5) is 10.1 Å². The molecule has 0 heterocycles. The average Bonchev–Trinajstić information content (AvgIpc) is 2.78. The van der Waals surface area contributed by atoms with Gasteiger partial charge in [-0.3, -0.25) is 9.59 Å². The molecule has 8 nitrogen and oxygen atoms in total. The van der Waals surface area contributed by atoms with Crippen molar-refractivity contribution >= 4 is 27.7 Å². The van der Waals surface area contributed by atoms with Gasteiger partial charge in [-0.25, -0.2) is 8.70 Å². The molecule has 180 valence electrons. The maximum absolute atomic E-state index is 13.5. The fourth-order valence-electron chi connectivity index (χ4n) is 3.38. The van der Waals surface area contributed by atoms with Crippen LogP contribution in [0.3, 0.4) is 0 Å². The topological polar surface area (TPSA) is 90.0 Å². The Labute approximate surface area is 195 Å². The first-order valence-electron chi connectivity index (χ1n) is 10.5. The smallest absolute Gasteiger partial charge is 0.304 e. The molecule has 0 aliphatic heterocycles. The Kier molecular flexibility index (Phi) is 8.95. The zero-order chi connectivity index (χ0) is 24.8. The Balaban J connectivity index is 2.50. The second kappa shape index (κ2) is 11.2. The quantitative estimate of drug-likeness (QED) is 0.568. The molecule has 2 rings (SSSR count). The van der Waals surface area contributed by atoms with E-state index in [1.54, 1.807) is 6.92 Å². The van der Waals surface area contributed by atoms with Crippen molar-refractivity contribution in [2.24, 2.45) is 0 Å². The lowest BCUT2D eigenvalue weighted by Crippen LogP contribution is -2.53. The van der Waals surface area contributed by atoms with E-state index >= 15 is 0 Å². The molecule has 0 fully saturated rings. The van der Waals surface area contributed by atoms with Crippen molar-refractivity contribution < 1.29 is 22.4 Å². The summed E-state index contributed by atoms with van der Waals surface area (Å²) in [6.07, 6.45) is 0.342. The van der Waals surface area contributed by atoms with E-state index < -0.39 is 34.5 Å². The largest absolute Gasteiger partial charge is 0.357 e. The molecule has 10 heteroatoms. The Morgan fingerprint density at radius 1 is 1.06 bits per heavy atom. The number of benzene rings is 2. The van der Waals surface area contributed by atoms with Gasteiger partial charge in [-0.05, 0) is 48.7 Å². The molecule has 1 atom stereocenters. The maximum atomic E-state index is 13.5. The molecule has 0 aromatic heterocycles. The number of likely N-dealkylation sites (N-methyl/N-ethyl adjacent to an activating group) is 1. The Morgan fingerprint density at radius 3 is 2.18 bits per heavy atom. The summed E-state index contributed by atoms with van der Waals surface area (Å²) < 4.78 is 41.4. The number of amides is 2. The van der Waals surface area contributed by atoms with Gasteiger partial charge in [-0.2, -0.15) is 12.7 Å². The summed E-state index contributed by atoms with van der Waals surface area (Å²) in [5.74, 6) is -1.43. The fourth-order valence-corrected chi connectivity index (χ4v) is 4.44. The van der Waals surface area contributed by atoms with Gasteiger partial charge in [0.25, 0.3) is 0 Å². The summed E-state index contributed by atoms with van der Waals surface area (Å²) in [5, 5.41) is 2.58. The highest BCUT2D eigenvalue weighted by molar-refractivity contribution is 7.90. The van der Waals surface area contributed by atoms with Crippen LogP contribution in [0.2, 0.25) is 0 Å². The Hall–Kier alpha value is -2.98. The monoisotopic (exact) mass is 478 g/mol. The minimum atomic E-state index is -4.08. The highest BCUT2D eigenvalue weighted by Crippen LogP contribution is 2.22. The van der Waals surface area contributed by atoms with Crippen LogP contribution in [-0.4, -0.2) is 63.2 Å². The van der Waals surface area contributed by atoms with Crippen LogP contribution in [0.25, 0.3) is 0 Å². The van der Waals surface area contributed by atoms with E-state index in [1.165, 1.54) is 38.2 Å². The lowest BCUT2D eigenvalue weighted by Gasteiger charge is -2.34. The van der Waals surface area contributed by atoms with Crippen LogP contribution in [-0.2, 0) is 26.3 Å². The van der Waals surface area contributed by atoms with Crippen molar-refractivity contribution in [1.29, 1.82) is 0 Å². The fraction of sp³-hybridized carbons (Fsp3) is 0.391. The number of carbonyl (C=O) groups excluding carboxylic acids is 2. The predicted molar refractivity (Wildman–Crippen MR) is 126 cm³/mol. The van der Waals surface area contributed by atoms with Crippen molar-refractivity contribution in [2.75, 3.05) is 32.0 Å². The zero-order valence-electron chi connectivity index (χ0n) is 19.6. The first-order valence-corrected chi connectivity index (χ1v) is 11.9. The number of nitrogens with one attached hydrogen (secondary N) is 1. The summed E-state index contributed by atoms with van der Waals surface area (Å²) in [4.78, 5) is 27.5. The summed E-state index contributed by atoms with van der Waals surface area (Å²) in [7, 11) is 0.108. The van der Waals surface area contributed by atoms with Gasteiger partial charge >= 0.3 is 10.2 Å². The highest BCUT2D eigenvalue weighted by Gasteiger charge is 2.33. The molecule has 0 radical (unpaired) electrons. The van der Waals surface area contributed by atoms with Gasteiger partial charge in [0.15, 0.2) is 0 Å². The minimum absolute atomic E-state index is 0.136. The van der Waals surface area contributed by atoms with Gasteiger partial charge in [-0.15, -0.1) is 0 Å². The number of carbonyl (C=O) groups is 2. The minimum Gasteiger partial charge on any atom is -0.357 e. The van der Waals surface area contributed by atoms with Gasteiger partial charge in [0.1, 0.15) is 18.4 Å². The third kappa shape index (κ3) is 6.29. The van der Waals surface area contributed by atoms with E-state index in [0.29, 0.717) is 6.42 Å². The average molecular weight is 479 g/mol. The van der Waals surface area contributed by atoms with E-state index in [4.69, 9.17) is 0 Å². The van der Waals surface area contributed by atoms with Gasteiger partial charge < -0.3 is 10.2 Å². The normalized spacial score (nSPS) is 12.3. The third-order valence-electron chi connectivity index (χ3n) is 5.37. The molecule has 0 aliphatic rings. The first-order chi connectivity index (χ1) is 15.5. The molecule has 0 aliphatic carbocycles. The third-order valence-corrected chi connectivity index (χ3v) is 7.19. The molecule has 33 heavy (non-hydrogen) atoms. The zero-order valence-corrected chi connectivity index (χ0v) is 20.4. The molecule has 2 aromatic rings. The van der Waals surface area contributed by atoms with Crippen LogP contribution < -0.4 is 9.62 Å². The van der Waals surface area contributed by atoms with Crippen molar-refractivity contribution in [3.8, 4) is 0 Å². The second-order valence-corrected chi connectivity index (χ2v) is 9.83. The number of anilines is 1. The first kappa shape index (κ1) is 26.3. The molecule has 1 unspecified atom stereocenters. The van der Waals surface area contributed by atoms with E-state index in [1.807, 2.05) is 31.2 Å². The molecule has 2 amide bonds. The van der Waals surface area contributed by atoms with Crippen LogP contribution in [0.5, 0.6) is 0 Å². The summed E-state index contributed by atoms with van der Waals surface area (Å²) in [6.45, 7) is 3.27. The van der Waals surface area contributed by atoms with Gasteiger partial charge in [-0.1, -0.05) is 31.2 Å². The Bertz CT molecular complexity index is 1070. The Morgan fingerprint density at radius 2 is 1.67 bits per heavy atom. The van der Waals surface area contributed by atoms with Crippen molar-refractivity contribution in [3.05, 3.63) is 65.5 Å². The summed E-state index contributed by atoms with van der Waals surface area (Å²) in [6, 6.07) is 11.5. The lowest BCUT2D eigenvalue weighted by molar-refractivity contribution is -0.140. The predicted octanol–water partition coefficient (Wildman–Crippen LogP) is 2.30. The standard InChI is InChI=1S/C23H31FN4O4S/c1-6-21(23(30)25-3)27(15-18-10-8-7-9-17(18)2)22(29)16-28(33(31,32)26(4)5)20-13-11-19(24)12-14-20/h7-14,21H,6,15-16H2,1-5H3,(H,25,30). The molecule has 0 saturated heterocycles. The lowest BCUT2D eigenvalue weighted by atomic mass is 10.1. The van der Waals surface area contributed by atoms with Crippen LogP contribution >= 0.6 is 0 Å².